The van der Waals surface area contributed by atoms with Crippen molar-refractivity contribution in [1.29, 1.82) is 0 Å². The van der Waals surface area contributed by atoms with E-state index < -0.39 is 10.0 Å². The van der Waals surface area contributed by atoms with Crippen molar-refractivity contribution < 1.29 is 13.2 Å². The number of carbonyl (C=O) groups is 1. The molecule has 0 aromatic heterocycles. The maximum absolute atomic E-state index is 12.6. The first kappa shape index (κ1) is 21.7. The summed E-state index contributed by atoms with van der Waals surface area (Å²) in [6, 6.07) is 25.4. The highest BCUT2D eigenvalue weighted by molar-refractivity contribution is 7.88. The number of rotatable bonds is 8. The summed E-state index contributed by atoms with van der Waals surface area (Å²) >= 11 is 0. The van der Waals surface area contributed by atoms with Gasteiger partial charge in [-0.05, 0) is 47.7 Å². The smallest absolute Gasteiger partial charge is 0.251 e. The molecule has 3 aromatic carbocycles. The number of hydrogen-bond donors (Lipinski definition) is 2. The van der Waals surface area contributed by atoms with Gasteiger partial charge in [0.2, 0.25) is 10.0 Å². The maximum Gasteiger partial charge on any atom is 0.251 e. The van der Waals surface area contributed by atoms with Crippen molar-refractivity contribution in [1.82, 2.24) is 10.0 Å². The highest BCUT2D eigenvalue weighted by Gasteiger charge is 2.12. The Labute approximate surface area is 178 Å². The average molecular weight is 423 g/mol. The molecular formula is C24H26N2O3S. The van der Waals surface area contributed by atoms with Gasteiger partial charge in [-0.25, -0.2) is 13.1 Å². The van der Waals surface area contributed by atoms with Crippen molar-refractivity contribution in [2.45, 2.75) is 19.4 Å². The average Bonchev–Trinajstić information content (AvgIpc) is 2.74. The summed E-state index contributed by atoms with van der Waals surface area (Å²) in [5.74, 6) is -0.143. The molecule has 3 aromatic rings. The van der Waals surface area contributed by atoms with E-state index in [1.165, 1.54) is 0 Å². The van der Waals surface area contributed by atoms with Gasteiger partial charge in [-0.15, -0.1) is 0 Å². The summed E-state index contributed by atoms with van der Waals surface area (Å²) < 4.78 is 24.7. The molecule has 2 N–H and O–H groups in total. The monoisotopic (exact) mass is 422 g/mol. The normalized spacial score (nSPS) is 12.3. The Bertz CT molecular complexity index is 1080. The molecule has 5 nitrogen and oxygen atoms in total. The molecule has 1 atom stereocenters. The first-order valence-corrected chi connectivity index (χ1v) is 11.7. The lowest BCUT2D eigenvalue weighted by atomic mass is 10.0. The minimum absolute atomic E-state index is 0.124. The standard InChI is InChI=1S/C24H26N2O3S/c1-18(20-12-14-22(15-13-20)21-6-4-3-5-7-21)26-24(27)23-10-8-19(9-11-23)16-17-25-30(2,28)29/h3-15,18,25H,16-17H2,1-2H3,(H,26,27). The Morgan fingerprint density at radius 1 is 0.867 bits per heavy atom. The van der Waals surface area contributed by atoms with Crippen LogP contribution in [0, 0.1) is 0 Å². The van der Waals surface area contributed by atoms with Gasteiger partial charge in [-0.3, -0.25) is 4.79 Å². The summed E-state index contributed by atoms with van der Waals surface area (Å²) in [4.78, 5) is 12.6. The van der Waals surface area contributed by atoms with Crippen LogP contribution in [0.3, 0.4) is 0 Å². The van der Waals surface area contributed by atoms with E-state index in [2.05, 4.69) is 34.3 Å². The summed E-state index contributed by atoms with van der Waals surface area (Å²) in [6.07, 6.45) is 1.70. The highest BCUT2D eigenvalue weighted by atomic mass is 32.2. The van der Waals surface area contributed by atoms with Crippen molar-refractivity contribution in [3.05, 3.63) is 95.6 Å². The van der Waals surface area contributed by atoms with Gasteiger partial charge in [-0.2, -0.15) is 0 Å². The van der Waals surface area contributed by atoms with E-state index in [9.17, 15) is 13.2 Å². The van der Waals surface area contributed by atoms with Crippen LogP contribution in [0.15, 0.2) is 78.9 Å². The molecule has 0 bridgehead atoms. The van der Waals surface area contributed by atoms with Crippen LogP contribution in [0.2, 0.25) is 0 Å². The molecule has 0 spiro atoms. The molecule has 3 rings (SSSR count). The van der Waals surface area contributed by atoms with E-state index in [0.29, 0.717) is 18.5 Å². The van der Waals surface area contributed by atoms with Gasteiger partial charge in [0.1, 0.15) is 0 Å². The zero-order valence-electron chi connectivity index (χ0n) is 17.1. The van der Waals surface area contributed by atoms with Gasteiger partial charge in [-0.1, -0.05) is 66.7 Å². The first-order chi connectivity index (χ1) is 14.3. The second-order valence-corrected chi connectivity index (χ2v) is 9.13. The number of sulfonamides is 1. The number of nitrogens with one attached hydrogen (secondary N) is 2. The lowest BCUT2D eigenvalue weighted by Gasteiger charge is -2.15. The predicted molar refractivity (Wildman–Crippen MR) is 121 cm³/mol. The van der Waals surface area contributed by atoms with E-state index in [1.54, 1.807) is 12.1 Å². The molecule has 0 heterocycles. The van der Waals surface area contributed by atoms with Crippen LogP contribution in [0.25, 0.3) is 11.1 Å². The molecule has 156 valence electrons. The zero-order chi connectivity index (χ0) is 21.6. The predicted octanol–water partition coefficient (Wildman–Crippen LogP) is 3.94. The van der Waals surface area contributed by atoms with E-state index in [-0.39, 0.29) is 11.9 Å². The summed E-state index contributed by atoms with van der Waals surface area (Å²) in [5.41, 5.74) is 4.87. The third kappa shape index (κ3) is 6.27. The maximum atomic E-state index is 12.6. The van der Waals surface area contributed by atoms with Crippen LogP contribution >= 0.6 is 0 Å². The minimum atomic E-state index is -3.19. The molecule has 0 radical (unpaired) electrons. The molecule has 0 aliphatic rings. The summed E-state index contributed by atoms with van der Waals surface area (Å²) in [5, 5.41) is 3.02. The summed E-state index contributed by atoms with van der Waals surface area (Å²) in [6.45, 7) is 2.29. The van der Waals surface area contributed by atoms with Crippen molar-refractivity contribution in [2.24, 2.45) is 0 Å². The van der Waals surface area contributed by atoms with Gasteiger partial charge in [0, 0.05) is 12.1 Å². The number of benzene rings is 3. The van der Waals surface area contributed by atoms with Crippen LogP contribution in [-0.4, -0.2) is 27.1 Å². The third-order valence-corrected chi connectivity index (χ3v) is 5.59. The molecule has 0 saturated heterocycles. The van der Waals surface area contributed by atoms with Crippen LogP contribution in [0.4, 0.5) is 0 Å². The summed E-state index contributed by atoms with van der Waals surface area (Å²) in [7, 11) is -3.19. The fourth-order valence-electron chi connectivity index (χ4n) is 3.16. The molecule has 0 aliphatic carbocycles. The third-order valence-electron chi connectivity index (χ3n) is 4.86. The van der Waals surface area contributed by atoms with Gasteiger partial charge < -0.3 is 5.32 Å². The van der Waals surface area contributed by atoms with Crippen molar-refractivity contribution >= 4 is 15.9 Å². The Morgan fingerprint density at radius 2 is 1.47 bits per heavy atom. The Kier molecular flexibility index (Phi) is 7.03. The SMILES string of the molecule is CC(NC(=O)c1ccc(CCNS(C)(=O)=O)cc1)c1ccc(-c2ccccc2)cc1. The topological polar surface area (TPSA) is 75.3 Å². The zero-order valence-corrected chi connectivity index (χ0v) is 17.9. The molecule has 30 heavy (non-hydrogen) atoms. The lowest BCUT2D eigenvalue weighted by Crippen LogP contribution is -2.26. The van der Waals surface area contributed by atoms with Gasteiger partial charge in [0.05, 0.1) is 12.3 Å². The number of hydrogen-bond acceptors (Lipinski definition) is 3. The van der Waals surface area contributed by atoms with Crippen LogP contribution in [0.5, 0.6) is 0 Å². The van der Waals surface area contributed by atoms with E-state index in [0.717, 1.165) is 28.5 Å². The largest absolute Gasteiger partial charge is 0.346 e. The van der Waals surface area contributed by atoms with Gasteiger partial charge in [0.25, 0.3) is 5.91 Å². The second kappa shape index (κ2) is 9.69. The van der Waals surface area contributed by atoms with E-state index in [4.69, 9.17) is 0 Å². The van der Waals surface area contributed by atoms with Crippen LogP contribution in [-0.2, 0) is 16.4 Å². The van der Waals surface area contributed by atoms with Gasteiger partial charge >= 0.3 is 0 Å². The molecular weight excluding hydrogens is 396 g/mol. The first-order valence-electron chi connectivity index (χ1n) is 9.82. The minimum Gasteiger partial charge on any atom is -0.346 e. The highest BCUT2D eigenvalue weighted by Crippen LogP contribution is 2.22. The Hall–Kier alpha value is -2.96. The quantitative estimate of drug-likeness (QED) is 0.577. The second-order valence-electron chi connectivity index (χ2n) is 7.30. The van der Waals surface area contributed by atoms with Crippen LogP contribution < -0.4 is 10.0 Å². The van der Waals surface area contributed by atoms with Crippen molar-refractivity contribution in [2.75, 3.05) is 12.8 Å². The fourth-order valence-corrected chi connectivity index (χ4v) is 3.63. The van der Waals surface area contributed by atoms with Crippen molar-refractivity contribution in [3.63, 3.8) is 0 Å². The van der Waals surface area contributed by atoms with E-state index >= 15 is 0 Å². The number of carbonyl (C=O) groups excluding carboxylic acids is 1. The van der Waals surface area contributed by atoms with Gasteiger partial charge in [0.15, 0.2) is 0 Å². The number of amides is 1. The Morgan fingerprint density at radius 3 is 2.07 bits per heavy atom. The Balaban J connectivity index is 1.57. The molecule has 1 amide bonds. The molecule has 0 aliphatic heterocycles. The molecule has 0 fully saturated rings. The van der Waals surface area contributed by atoms with Crippen LogP contribution in [0.1, 0.15) is 34.5 Å². The molecule has 0 saturated carbocycles. The van der Waals surface area contributed by atoms with Crippen molar-refractivity contribution in [3.8, 4) is 11.1 Å². The molecule has 6 heteroatoms. The fraction of sp³-hybridized carbons (Fsp3) is 0.208. The lowest BCUT2D eigenvalue weighted by molar-refractivity contribution is 0.0940. The van der Waals surface area contributed by atoms with E-state index in [1.807, 2.05) is 49.4 Å². The molecule has 1 unspecified atom stereocenters.